The fourth-order valence-corrected chi connectivity index (χ4v) is 2.79. The number of nitrogens with zero attached hydrogens (tertiary/aromatic N) is 1. The molecule has 1 rings (SSSR count). The third-order valence-electron chi connectivity index (χ3n) is 2.81. The van der Waals surface area contributed by atoms with Crippen molar-refractivity contribution in [1.29, 1.82) is 0 Å². The number of halogens is 1. The van der Waals surface area contributed by atoms with Gasteiger partial charge in [-0.3, -0.25) is 4.79 Å². The van der Waals surface area contributed by atoms with Crippen LogP contribution >= 0.6 is 27.7 Å². The van der Waals surface area contributed by atoms with Gasteiger partial charge in [-0.25, -0.2) is 0 Å². The molecule has 1 amide bonds. The van der Waals surface area contributed by atoms with E-state index < -0.39 is 0 Å². The SMILES string of the molecule is Cc1cc(Br)ccc1SCC(=O)N(C)C(C)CO. The maximum atomic E-state index is 11.9. The summed E-state index contributed by atoms with van der Waals surface area (Å²) in [6, 6.07) is 5.88. The quantitative estimate of drug-likeness (QED) is 0.843. The first-order valence-corrected chi connectivity index (χ1v) is 7.49. The number of likely N-dealkylation sites (N-methyl/N-ethyl adjacent to an activating group) is 1. The normalized spacial score (nSPS) is 12.3. The van der Waals surface area contributed by atoms with E-state index in [1.165, 1.54) is 11.8 Å². The van der Waals surface area contributed by atoms with Gasteiger partial charge in [0.1, 0.15) is 0 Å². The van der Waals surface area contributed by atoms with Crippen LogP contribution < -0.4 is 0 Å². The molecule has 0 heterocycles. The van der Waals surface area contributed by atoms with Crippen molar-refractivity contribution in [1.82, 2.24) is 4.90 Å². The highest BCUT2D eigenvalue weighted by Gasteiger charge is 2.15. The number of rotatable bonds is 5. The molecular formula is C13H18BrNO2S. The van der Waals surface area contributed by atoms with E-state index >= 15 is 0 Å². The van der Waals surface area contributed by atoms with E-state index in [1.54, 1.807) is 11.9 Å². The molecule has 0 radical (unpaired) electrons. The van der Waals surface area contributed by atoms with E-state index in [1.807, 2.05) is 32.0 Å². The van der Waals surface area contributed by atoms with Crippen LogP contribution in [0.5, 0.6) is 0 Å². The highest BCUT2D eigenvalue weighted by atomic mass is 79.9. The molecule has 1 aromatic rings. The van der Waals surface area contributed by atoms with Gasteiger partial charge in [0.05, 0.1) is 18.4 Å². The highest BCUT2D eigenvalue weighted by Crippen LogP contribution is 2.25. The maximum Gasteiger partial charge on any atom is 0.232 e. The summed E-state index contributed by atoms with van der Waals surface area (Å²) < 4.78 is 1.04. The van der Waals surface area contributed by atoms with Crippen molar-refractivity contribution in [2.75, 3.05) is 19.4 Å². The molecule has 0 saturated heterocycles. The van der Waals surface area contributed by atoms with E-state index in [2.05, 4.69) is 15.9 Å². The number of thioether (sulfide) groups is 1. The van der Waals surface area contributed by atoms with Crippen LogP contribution in [-0.4, -0.2) is 41.4 Å². The molecule has 18 heavy (non-hydrogen) atoms. The molecule has 3 nitrogen and oxygen atoms in total. The minimum absolute atomic E-state index is 0.00970. The van der Waals surface area contributed by atoms with Gasteiger partial charge in [0.25, 0.3) is 0 Å². The van der Waals surface area contributed by atoms with Crippen LogP contribution in [0.25, 0.3) is 0 Å². The summed E-state index contributed by atoms with van der Waals surface area (Å²) in [5, 5.41) is 9.01. The molecule has 0 aliphatic carbocycles. The Bertz CT molecular complexity index is 425. The van der Waals surface area contributed by atoms with Crippen molar-refractivity contribution >= 4 is 33.6 Å². The molecule has 1 unspecified atom stereocenters. The zero-order valence-electron chi connectivity index (χ0n) is 10.8. The zero-order chi connectivity index (χ0) is 13.7. The van der Waals surface area contributed by atoms with E-state index in [0.29, 0.717) is 5.75 Å². The fraction of sp³-hybridized carbons (Fsp3) is 0.462. The predicted octanol–water partition coefficient (Wildman–Crippen LogP) is 2.69. The lowest BCUT2D eigenvalue weighted by atomic mass is 10.2. The lowest BCUT2D eigenvalue weighted by Gasteiger charge is -2.23. The second-order valence-corrected chi connectivity index (χ2v) is 6.17. The Hall–Kier alpha value is -0.520. The summed E-state index contributed by atoms with van der Waals surface area (Å²) in [6.45, 7) is 3.84. The van der Waals surface area contributed by atoms with Gasteiger partial charge in [0.15, 0.2) is 0 Å². The van der Waals surface area contributed by atoms with E-state index in [-0.39, 0.29) is 18.6 Å². The second kappa shape index (κ2) is 7.16. The minimum atomic E-state index is -0.135. The first-order valence-electron chi connectivity index (χ1n) is 5.71. The van der Waals surface area contributed by atoms with Crippen LogP contribution in [0.2, 0.25) is 0 Å². The maximum absolute atomic E-state index is 11.9. The van der Waals surface area contributed by atoms with Crippen molar-refractivity contribution in [3.63, 3.8) is 0 Å². The molecule has 1 atom stereocenters. The van der Waals surface area contributed by atoms with Crippen molar-refractivity contribution in [2.24, 2.45) is 0 Å². The standard InChI is InChI=1S/C13H18BrNO2S/c1-9-6-11(14)4-5-12(9)18-8-13(17)15(3)10(2)7-16/h4-6,10,16H,7-8H2,1-3H3. The average molecular weight is 332 g/mol. The molecule has 0 spiro atoms. The first-order chi connectivity index (χ1) is 8.45. The number of hydrogen-bond acceptors (Lipinski definition) is 3. The Kier molecular flexibility index (Phi) is 6.18. The molecule has 0 aromatic heterocycles. The fourth-order valence-electron chi connectivity index (χ4n) is 1.38. The number of hydrogen-bond donors (Lipinski definition) is 1. The van der Waals surface area contributed by atoms with E-state index in [9.17, 15) is 4.79 Å². The van der Waals surface area contributed by atoms with Gasteiger partial charge in [-0.05, 0) is 37.6 Å². The molecule has 5 heteroatoms. The summed E-state index contributed by atoms with van der Waals surface area (Å²) in [7, 11) is 1.72. The molecule has 1 aromatic carbocycles. The average Bonchev–Trinajstić information content (AvgIpc) is 2.35. The number of aryl methyl sites for hydroxylation is 1. The molecule has 0 saturated carbocycles. The highest BCUT2D eigenvalue weighted by molar-refractivity contribution is 9.10. The second-order valence-electron chi connectivity index (χ2n) is 4.23. The van der Waals surface area contributed by atoms with Crippen LogP contribution in [0, 0.1) is 6.92 Å². The van der Waals surface area contributed by atoms with Crippen LogP contribution in [-0.2, 0) is 4.79 Å². The summed E-state index contributed by atoms with van der Waals surface area (Å²) in [6.07, 6.45) is 0. The summed E-state index contributed by atoms with van der Waals surface area (Å²) in [5.41, 5.74) is 1.15. The van der Waals surface area contributed by atoms with Crippen LogP contribution in [0.3, 0.4) is 0 Å². The zero-order valence-corrected chi connectivity index (χ0v) is 13.2. The number of carbonyl (C=O) groups excluding carboxylic acids is 1. The Balaban J connectivity index is 2.57. The summed E-state index contributed by atoms with van der Waals surface area (Å²) >= 11 is 4.94. The topological polar surface area (TPSA) is 40.5 Å². The van der Waals surface area contributed by atoms with Crippen LogP contribution in [0.1, 0.15) is 12.5 Å². The van der Waals surface area contributed by atoms with E-state index in [0.717, 1.165) is 14.9 Å². The lowest BCUT2D eigenvalue weighted by Crippen LogP contribution is -2.38. The van der Waals surface area contributed by atoms with Crippen molar-refractivity contribution in [2.45, 2.75) is 24.8 Å². The molecular weight excluding hydrogens is 314 g/mol. The number of aliphatic hydroxyl groups is 1. The minimum Gasteiger partial charge on any atom is -0.394 e. The largest absolute Gasteiger partial charge is 0.394 e. The summed E-state index contributed by atoms with van der Waals surface area (Å²) in [4.78, 5) is 14.6. The molecule has 0 fully saturated rings. The monoisotopic (exact) mass is 331 g/mol. The van der Waals surface area contributed by atoms with Crippen LogP contribution in [0.4, 0.5) is 0 Å². The Morgan fingerprint density at radius 2 is 2.22 bits per heavy atom. The van der Waals surface area contributed by atoms with E-state index in [4.69, 9.17) is 5.11 Å². The number of benzene rings is 1. The molecule has 0 aliphatic rings. The van der Waals surface area contributed by atoms with Gasteiger partial charge >= 0.3 is 0 Å². The third kappa shape index (κ3) is 4.30. The number of aliphatic hydroxyl groups excluding tert-OH is 1. The predicted molar refractivity (Wildman–Crippen MR) is 78.9 cm³/mol. The number of carbonyl (C=O) groups is 1. The third-order valence-corrected chi connectivity index (χ3v) is 4.46. The smallest absolute Gasteiger partial charge is 0.232 e. The van der Waals surface area contributed by atoms with Crippen molar-refractivity contribution in [3.8, 4) is 0 Å². The van der Waals surface area contributed by atoms with Gasteiger partial charge in [-0.15, -0.1) is 11.8 Å². The van der Waals surface area contributed by atoms with Gasteiger partial charge in [0, 0.05) is 16.4 Å². The van der Waals surface area contributed by atoms with Gasteiger partial charge in [-0.2, -0.15) is 0 Å². The lowest BCUT2D eigenvalue weighted by molar-refractivity contribution is -0.129. The van der Waals surface area contributed by atoms with Crippen LogP contribution in [0.15, 0.2) is 27.6 Å². The molecule has 0 aliphatic heterocycles. The first kappa shape index (κ1) is 15.5. The summed E-state index contributed by atoms with van der Waals surface area (Å²) in [5.74, 6) is 0.424. The molecule has 100 valence electrons. The van der Waals surface area contributed by atoms with Crippen molar-refractivity contribution < 1.29 is 9.90 Å². The van der Waals surface area contributed by atoms with Gasteiger partial charge < -0.3 is 10.0 Å². The Labute approximate surface area is 121 Å². The van der Waals surface area contributed by atoms with Gasteiger partial charge in [-0.1, -0.05) is 15.9 Å². The number of amides is 1. The Morgan fingerprint density at radius 1 is 1.56 bits per heavy atom. The van der Waals surface area contributed by atoms with Gasteiger partial charge in [0.2, 0.25) is 5.91 Å². The molecule has 0 bridgehead atoms. The molecule has 1 N–H and O–H groups in total. The van der Waals surface area contributed by atoms with Crippen molar-refractivity contribution in [3.05, 3.63) is 28.2 Å². The Morgan fingerprint density at radius 3 is 2.78 bits per heavy atom.